The van der Waals surface area contributed by atoms with Crippen LogP contribution in [0.25, 0.3) is 5.76 Å². The average molecular weight is 398 g/mol. The van der Waals surface area contributed by atoms with E-state index in [0.717, 1.165) is 16.7 Å². The Morgan fingerprint density at radius 3 is 2.43 bits per heavy atom. The normalized spacial score (nSPS) is 18.1. The summed E-state index contributed by atoms with van der Waals surface area (Å²) in [6, 6.07) is 15.9. The summed E-state index contributed by atoms with van der Waals surface area (Å²) in [5.41, 5.74) is 4.55. The van der Waals surface area contributed by atoms with Gasteiger partial charge in [0.05, 0.1) is 11.6 Å². The van der Waals surface area contributed by atoms with Crippen LogP contribution in [0.1, 0.15) is 33.9 Å². The molecule has 1 unspecified atom stereocenters. The maximum atomic E-state index is 13.2. The number of ketones is 1. The van der Waals surface area contributed by atoms with Gasteiger partial charge in [0.1, 0.15) is 5.76 Å². The molecular weight excluding hydrogens is 376 g/mol. The van der Waals surface area contributed by atoms with Gasteiger partial charge in [-0.3, -0.25) is 19.5 Å². The van der Waals surface area contributed by atoms with Crippen molar-refractivity contribution in [1.29, 1.82) is 0 Å². The number of benzene rings is 2. The second kappa shape index (κ2) is 7.59. The third-order valence-electron chi connectivity index (χ3n) is 5.47. The molecular formula is C25H22N2O3. The third kappa shape index (κ3) is 3.18. The number of anilines is 1. The predicted octanol–water partition coefficient (Wildman–Crippen LogP) is 4.63. The summed E-state index contributed by atoms with van der Waals surface area (Å²) in [7, 11) is 0. The molecule has 4 rings (SSSR count). The van der Waals surface area contributed by atoms with E-state index < -0.39 is 17.7 Å². The van der Waals surface area contributed by atoms with Crippen molar-refractivity contribution in [3.63, 3.8) is 0 Å². The second-order valence-electron chi connectivity index (χ2n) is 7.56. The van der Waals surface area contributed by atoms with E-state index in [0.29, 0.717) is 16.8 Å². The highest BCUT2D eigenvalue weighted by atomic mass is 16.3. The molecule has 30 heavy (non-hydrogen) atoms. The molecule has 0 radical (unpaired) electrons. The minimum atomic E-state index is -0.764. The zero-order chi connectivity index (χ0) is 21.4. The summed E-state index contributed by atoms with van der Waals surface area (Å²) < 4.78 is 0. The summed E-state index contributed by atoms with van der Waals surface area (Å²) in [6.07, 6.45) is 3.26. The summed E-state index contributed by atoms with van der Waals surface area (Å²) in [5, 5.41) is 11.2. The van der Waals surface area contributed by atoms with E-state index in [-0.39, 0.29) is 11.3 Å². The van der Waals surface area contributed by atoms with Gasteiger partial charge in [0.15, 0.2) is 0 Å². The minimum absolute atomic E-state index is 0.0740. The number of aromatic nitrogens is 1. The van der Waals surface area contributed by atoms with Gasteiger partial charge in [-0.2, -0.15) is 0 Å². The standard InChI is InChI=1S/C25H22N2O3/c1-15-10-11-16(2)19(13-15)23(28)21-22(18-8-6-12-26-14-18)27(25(30)24(21)29)20-9-5-4-7-17(20)3/h4-14,22,28H,1-3H3/b23-21+. The van der Waals surface area contributed by atoms with Crippen LogP contribution >= 0.6 is 0 Å². The van der Waals surface area contributed by atoms with Crippen LogP contribution in [0.2, 0.25) is 0 Å². The van der Waals surface area contributed by atoms with Crippen molar-refractivity contribution in [2.75, 3.05) is 4.90 Å². The smallest absolute Gasteiger partial charge is 0.300 e. The lowest BCUT2D eigenvalue weighted by Gasteiger charge is -2.26. The number of hydrogen-bond donors (Lipinski definition) is 1. The van der Waals surface area contributed by atoms with Crippen LogP contribution in [0.5, 0.6) is 0 Å². The van der Waals surface area contributed by atoms with Crippen molar-refractivity contribution >= 4 is 23.1 Å². The minimum Gasteiger partial charge on any atom is -0.507 e. The molecule has 1 saturated heterocycles. The van der Waals surface area contributed by atoms with Crippen LogP contribution < -0.4 is 4.90 Å². The molecule has 0 aliphatic carbocycles. The number of carbonyl (C=O) groups is 2. The Bertz CT molecular complexity index is 1180. The SMILES string of the molecule is Cc1ccc(C)c(/C(O)=C2\C(=O)C(=O)N(c3ccccc3C)C2c2cccnc2)c1. The van der Waals surface area contributed by atoms with Crippen molar-refractivity contribution in [2.45, 2.75) is 26.8 Å². The molecule has 5 nitrogen and oxygen atoms in total. The first-order valence-electron chi connectivity index (χ1n) is 9.74. The van der Waals surface area contributed by atoms with Gasteiger partial charge in [-0.05, 0) is 55.7 Å². The summed E-state index contributed by atoms with van der Waals surface area (Å²) in [5.74, 6) is -1.53. The van der Waals surface area contributed by atoms with Crippen molar-refractivity contribution in [3.8, 4) is 0 Å². The first-order valence-corrected chi connectivity index (χ1v) is 9.74. The van der Waals surface area contributed by atoms with Crippen LogP contribution in [0.4, 0.5) is 5.69 Å². The largest absolute Gasteiger partial charge is 0.507 e. The second-order valence-corrected chi connectivity index (χ2v) is 7.56. The summed E-state index contributed by atoms with van der Waals surface area (Å²) >= 11 is 0. The number of amides is 1. The zero-order valence-corrected chi connectivity index (χ0v) is 17.1. The Morgan fingerprint density at radius 1 is 0.967 bits per heavy atom. The summed E-state index contributed by atoms with van der Waals surface area (Å²) in [6.45, 7) is 5.67. The van der Waals surface area contributed by atoms with Crippen LogP contribution in [0, 0.1) is 20.8 Å². The molecule has 1 aliphatic heterocycles. The molecule has 0 spiro atoms. The van der Waals surface area contributed by atoms with E-state index in [4.69, 9.17) is 0 Å². The van der Waals surface area contributed by atoms with E-state index in [1.165, 1.54) is 4.90 Å². The van der Waals surface area contributed by atoms with Gasteiger partial charge in [-0.1, -0.05) is 42.0 Å². The van der Waals surface area contributed by atoms with E-state index in [1.54, 1.807) is 18.5 Å². The molecule has 2 heterocycles. The van der Waals surface area contributed by atoms with Gasteiger partial charge in [0, 0.05) is 23.6 Å². The lowest BCUT2D eigenvalue weighted by Crippen LogP contribution is -2.30. The molecule has 150 valence electrons. The molecule has 1 fully saturated rings. The molecule has 1 N–H and O–H groups in total. The van der Waals surface area contributed by atoms with E-state index in [2.05, 4.69) is 4.98 Å². The lowest BCUT2D eigenvalue weighted by molar-refractivity contribution is -0.132. The highest BCUT2D eigenvalue weighted by molar-refractivity contribution is 6.51. The average Bonchev–Trinajstić information content (AvgIpc) is 3.01. The lowest BCUT2D eigenvalue weighted by atomic mass is 9.94. The van der Waals surface area contributed by atoms with Crippen LogP contribution in [-0.2, 0) is 9.59 Å². The van der Waals surface area contributed by atoms with E-state index in [9.17, 15) is 14.7 Å². The first kappa shape index (κ1) is 19.6. The number of nitrogens with zero attached hydrogens (tertiary/aromatic N) is 2. The number of aliphatic hydroxyl groups is 1. The molecule has 0 saturated carbocycles. The number of carbonyl (C=O) groups excluding carboxylic acids is 2. The number of para-hydroxylation sites is 1. The van der Waals surface area contributed by atoms with Gasteiger partial charge in [-0.25, -0.2) is 0 Å². The van der Waals surface area contributed by atoms with Crippen LogP contribution in [-0.4, -0.2) is 21.8 Å². The molecule has 1 aromatic heterocycles. The van der Waals surface area contributed by atoms with Crippen LogP contribution in [0.3, 0.4) is 0 Å². The van der Waals surface area contributed by atoms with Gasteiger partial charge < -0.3 is 5.11 Å². The molecule has 2 aromatic carbocycles. The Kier molecular flexibility index (Phi) is 4.96. The molecule has 1 atom stereocenters. The van der Waals surface area contributed by atoms with Gasteiger partial charge >= 0.3 is 0 Å². The van der Waals surface area contributed by atoms with Crippen molar-refractivity contribution in [2.24, 2.45) is 0 Å². The molecule has 5 heteroatoms. The number of aryl methyl sites for hydroxylation is 3. The molecule has 1 amide bonds. The quantitative estimate of drug-likeness (QED) is 0.397. The Balaban J connectivity index is 2.00. The Labute approximate surface area is 175 Å². The maximum Gasteiger partial charge on any atom is 0.300 e. The third-order valence-corrected chi connectivity index (χ3v) is 5.47. The number of pyridine rings is 1. The molecule has 0 bridgehead atoms. The van der Waals surface area contributed by atoms with Crippen LogP contribution in [0.15, 0.2) is 72.6 Å². The fourth-order valence-electron chi connectivity index (χ4n) is 3.90. The van der Waals surface area contributed by atoms with Crippen molar-refractivity contribution < 1.29 is 14.7 Å². The highest BCUT2D eigenvalue weighted by Crippen LogP contribution is 2.43. The Morgan fingerprint density at radius 2 is 1.73 bits per heavy atom. The van der Waals surface area contributed by atoms with Gasteiger partial charge in [0.25, 0.3) is 11.7 Å². The number of hydrogen-bond acceptors (Lipinski definition) is 4. The van der Waals surface area contributed by atoms with E-state index in [1.807, 2.05) is 69.3 Å². The van der Waals surface area contributed by atoms with Crippen molar-refractivity contribution in [3.05, 3.63) is 100 Å². The monoisotopic (exact) mass is 398 g/mol. The maximum absolute atomic E-state index is 13.2. The molecule has 1 aliphatic rings. The Hall–Kier alpha value is -3.73. The number of aliphatic hydroxyl groups excluding tert-OH is 1. The predicted molar refractivity (Wildman–Crippen MR) is 116 cm³/mol. The zero-order valence-electron chi connectivity index (χ0n) is 17.1. The van der Waals surface area contributed by atoms with E-state index >= 15 is 0 Å². The topological polar surface area (TPSA) is 70.5 Å². The number of rotatable bonds is 3. The fraction of sp³-hybridized carbons (Fsp3) is 0.160. The van der Waals surface area contributed by atoms with Gasteiger partial charge in [-0.15, -0.1) is 0 Å². The van der Waals surface area contributed by atoms with Crippen molar-refractivity contribution in [1.82, 2.24) is 4.98 Å². The fourth-order valence-corrected chi connectivity index (χ4v) is 3.90. The first-order chi connectivity index (χ1) is 14.4. The number of Topliss-reactive ketones (excluding diaryl/α,β-unsaturated/α-hetero) is 1. The highest BCUT2D eigenvalue weighted by Gasteiger charge is 2.47. The molecule has 3 aromatic rings. The summed E-state index contributed by atoms with van der Waals surface area (Å²) in [4.78, 5) is 32.0. The van der Waals surface area contributed by atoms with Gasteiger partial charge in [0.2, 0.25) is 0 Å².